The summed E-state index contributed by atoms with van der Waals surface area (Å²) in [6.07, 6.45) is 7.59. The standard InChI is InChI=1S/C18H17FIN8O2/c1-10(29)27-8-13(19)14(9-27)20-24-17-23-16(30)15-12(2-4-28(15)25-17)11-6-22-18-21-3-5-26(18)7-11/h2-7,13-14H,8-9H2,1H3,(H2,23,24,25,30)/q-1/t13-,14?/m0/s1. The van der Waals surface area contributed by atoms with Gasteiger partial charge in [-0.15, -0.1) is 0 Å². The monoisotopic (exact) mass is 523 g/mol. The van der Waals surface area contributed by atoms with Crippen molar-refractivity contribution in [2.45, 2.75) is 17.0 Å². The van der Waals surface area contributed by atoms with Crippen LogP contribution in [-0.2, 0) is 4.79 Å². The van der Waals surface area contributed by atoms with Crippen LogP contribution >= 0.6 is 0 Å². The molecule has 0 spiro atoms. The van der Waals surface area contributed by atoms with Gasteiger partial charge in [-0.1, -0.05) is 0 Å². The average molecular weight is 523 g/mol. The molecular weight excluding hydrogens is 506 g/mol. The number of fused-ring (bicyclic) bond motifs is 2. The SMILES string of the molecule is CC(=O)N1CC([I-]Nc2nn3ccc(-c4cnc5nccn5c4)c3c(=O)[nH]2)[C@@H](F)C1. The van der Waals surface area contributed by atoms with E-state index in [1.54, 1.807) is 35.3 Å². The van der Waals surface area contributed by atoms with E-state index >= 15 is 0 Å². The molecule has 0 saturated carbocycles. The Morgan fingerprint density at radius 3 is 3.00 bits per heavy atom. The van der Waals surface area contributed by atoms with Crippen LogP contribution in [0, 0.1) is 0 Å². The van der Waals surface area contributed by atoms with E-state index in [-0.39, 0.29) is 21.9 Å². The van der Waals surface area contributed by atoms with Gasteiger partial charge in [0.1, 0.15) is 0 Å². The van der Waals surface area contributed by atoms with Gasteiger partial charge < -0.3 is 0 Å². The number of hydrogen-bond acceptors (Lipinski definition) is 6. The van der Waals surface area contributed by atoms with Crippen molar-refractivity contribution in [3.8, 4) is 11.1 Å². The summed E-state index contributed by atoms with van der Waals surface area (Å²) in [6, 6.07) is 1.80. The molecule has 12 heteroatoms. The molecular formula is C18H17FIN8O2-. The van der Waals surface area contributed by atoms with E-state index in [1.807, 2.05) is 6.20 Å². The maximum atomic E-state index is 14.2. The fourth-order valence-corrected chi connectivity index (χ4v) is 5.70. The number of nitrogens with one attached hydrogen (secondary N) is 2. The second-order valence-electron chi connectivity index (χ2n) is 6.96. The van der Waals surface area contributed by atoms with Gasteiger partial charge in [-0.2, -0.15) is 0 Å². The molecule has 30 heavy (non-hydrogen) atoms. The summed E-state index contributed by atoms with van der Waals surface area (Å²) >= 11 is -0.857. The first-order valence-electron chi connectivity index (χ1n) is 9.18. The predicted molar refractivity (Wildman–Crippen MR) is 102 cm³/mol. The molecule has 1 amide bonds. The predicted octanol–water partition coefficient (Wildman–Crippen LogP) is -2.28. The van der Waals surface area contributed by atoms with Gasteiger partial charge in [0, 0.05) is 0 Å². The van der Waals surface area contributed by atoms with E-state index in [0.717, 1.165) is 5.56 Å². The summed E-state index contributed by atoms with van der Waals surface area (Å²) in [5.41, 5.74) is 1.55. The summed E-state index contributed by atoms with van der Waals surface area (Å²) in [7, 11) is 0. The fraction of sp³-hybridized carbons (Fsp3) is 0.278. The third kappa shape index (κ3) is 3.30. The Bertz CT molecular complexity index is 1310. The summed E-state index contributed by atoms with van der Waals surface area (Å²) in [6.45, 7) is 1.96. The molecule has 10 nitrogen and oxygen atoms in total. The van der Waals surface area contributed by atoms with Crippen LogP contribution in [0.3, 0.4) is 0 Å². The molecule has 0 aromatic carbocycles. The second kappa shape index (κ2) is 7.34. The van der Waals surface area contributed by atoms with Gasteiger partial charge in [-0.25, -0.2) is 0 Å². The Morgan fingerprint density at radius 1 is 1.33 bits per heavy atom. The van der Waals surface area contributed by atoms with Crippen LogP contribution in [0.15, 0.2) is 41.8 Å². The first kappa shape index (κ1) is 19.0. The minimum absolute atomic E-state index is 0.125. The Hall–Kier alpha value is -3.03. The number of rotatable bonds is 4. The van der Waals surface area contributed by atoms with E-state index in [4.69, 9.17) is 0 Å². The van der Waals surface area contributed by atoms with Crippen molar-refractivity contribution in [2.75, 3.05) is 16.6 Å². The Kier molecular flexibility index (Phi) is 4.64. The van der Waals surface area contributed by atoms with Crippen molar-refractivity contribution in [1.82, 2.24) is 33.9 Å². The van der Waals surface area contributed by atoms with Crippen LogP contribution in [0.25, 0.3) is 22.4 Å². The van der Waals surface area contributed by atoms with E-state index in [0.29, 0.717) is 29.4 Å². The molecule has 1 saturated heterocycles. The van der Waals surface area contributed by atoms with E-state index in [2.05, 4.69) is 23.6 Å². The average Bonchev–Trinajstić information content (AvgIpc) is 3.43. The maximum absolute atomic E-state index is 14.2. The first-order valence-corrected chi connectivity index (χ1v) is 11.5. The molecule has 0 bridgehead atoms. The van der Waals surface area contributed by atoms with Gasteiger partial charge in [-0.05, 0) is 0 Å². The van der Waals surface area contributed by atoms with Gasteiger partial charge in [0.25, 0.3) is 0 Å². The molecule has 0 radical (unpaired) electrons. The number of aromatic nitrogens is 6. The summed E-state index contributed by atoms with van der Waals surface area (Å²) in [5.74, 6) is 0.741. The van der Waals surface area contributed by atoms with Crippen molar-refractivity contribution in [1.29, 1.82) is 0 Å². The van der Waals surface area contributed by atoms with Crippen molar-refractivity contribution < 1.29 is 30.7 Å². The van der Waals surface area contributed by atoms with E-state index in [9.17, 15) is 14.0 Å². The van der Waals surface area contributed by atoms with Gasteiger partial charge >= 0.3 is 180 Å². The zero-order chi connectivity index (χ0) is 20.8. The van der Waals surface area contributed by atoms with Crippen LogP contribution in [0.1, 0.15) is 6.92 Å². The normalized spacial score (nSPS) is 19.2. The molecule has 0 aliphatic carbocycles. The van der Waals surface area contributed by atoms with Crippen LogP contribution in [-0.4, -0.2) is 63.0 Å². The van der Waals surface area contributed by atoms with Gasteiger partial charge in [0.15, 0.2) is 0 Å². The third-order valence-electron chi connectivity index (χ3n) is 4.99. The van der Waals surface area contributed by atoms with Gasteiger partial charge in [-0.3, -0.25) is 0 Å². The van der Waals surface area contributed by atoms with Gasteiger partial charge in [0.2, 0.25) is 0 Å². The first-order chi connectivity index (χ1) is 14.5. The van der Waals surface area contributed by atoms with Crippen LogP contribution < -0.4 is 30.6 Å². The zero-order valence-corrected chi connectivity index (χ0v) is 17.9. The third-order valence-corrected chi connectivity index (χ3v) is 7.79. The molecule has 1 unspecified atom stereocenters. The molecule has 1 fully saturated rings. The van der Waals surface area contributed by atoms with Gasteiger partial charge in [0.05, 0.1) is 0 Å². The fourth-order valence-electron chi connectivity index (χ4n) is 3.47. The molecule has 156 valence electrons. The molecule has 1 aliphatic rings. The zero-order valence-electron chi connectivity index (χ0n) is 15.8. The second-order valence-corrected chi connectivity index (χ2v) is 9.72. The number of halogens is 2. The van der Waals surface area contributed by atoms with Crippen molar-refractivity contribution in [3.63, 3.8) is 0 Å². The van der Waals surface area contributed by atoms with Crippen LogP contribution in [0.4, 0.5) is 10.3 Å². The number of anilines is 1. The van der Waals surface area contributed by atoms with E-state index in [1.165, 1.54) is 16.3 Å². The Morgan fingerprint density at radius 2 is 2.20 bits per heavy atom. The number of carbonyl (C=O) groups excluding carboxylic acids is 1. The number of nitrogens with zero attached hydrogens (tertiary/aromatic N) is 6. The van der Waals surface area contributed by atoms with E-state index < -0.39 is 27.7 Å². The minimum atomic E-state index is -1.06. The number of aromatic amines is 1. The number of imidazole rings is 1. The Labute approximate surface area is 179 Å². The molecule has 4 aromatic rings. The van der Waals surface area contributed by atoms with Crippen LogP contribution in [0.2, 0.25) is 0 Å². The van der Waals surface area contributed by atoms with Crippen LogP contribution in [0.5, 0.6) is 0 Å². The number of likely N-dealkylation sites (tertiary alicyclic amines) is 1. The summed E-state index contributed by atoms with van der Waals surface area (Å²) in [4.78, 5) is 36.9. The molecule has 4 aromatic heterocycles. The Balaban J connectivity index is 1.40. The molecule has 5 heterocycles. The molecule has 1 aliphatic heterocycles. The number of alkyl halides is 2. The topological polar surface area (TPSA) is 113 Å². The quantitative estimate of drug-likeness (QED) is 0.177. The molecule has 5 rings (SSSR count). The van der Waals surface area contributed by atoms with Crippen molar-refractivity contribution >= 4 is 23.1 Å². The molecule has 2 N–H and O–H groups in total. The van der Waals surface area contributed by atoms with Crippen molar-refractivity contribution in [2.24, 2.45) is 0 Å². The van der Waals surface area contributed by atoms with Crippen molar-refractivity contribution in [3.05, 3.63) is 47.4 Å². The number of amides is 1. The number of H-pyrrole nitrogens is 1. The summed E-state index contributed by atoms with van der Waals surface area (Å²) < 4.78 is 20.3. The number of carbonyl (C=O) groups is 1. The number of hydrogen-bond donors (Lipinski definition) is 2. The molecule has 2 atom stereocenters. The summed E-state index contributed by atoms with van der Waals surface area (Å²) in [5, 5.41) is 4.41.